The number of sulfonamides is 1. The van der Waals surface area contributed by atoms with E-state index in [0.717, 1.165) is 45.3 Å². The third-order valence-corrected chi connectivity index (χ3v) is 6.85. The summed E-state index contributed by atoms with van der Waals surface area (Å²) in [5.74, 6) is 1.18. The Morgan fingerprint density at radius 2 is 2.04 bits per heavy atom. The van der Waals surface area contributed by atoms with Gasteiger partial charge in [0, 0.05) is 37.9 Å². The second-order valence-electron chi connectivity index (χ2n) is 6.75. The van der Waals surface area contributed by atoms with Gasteiger partial charge in [-0.05, 0) is 44.7 Å². The number of nitrogens with zero attached hydrogens (tertiary/aromatic N) is 2. The van der Waals surface area contributed by atoms with Gasteiger partial charge in [-0.2, -0.15) is 4.31 Å². The molecule has 24 heavy (non-hydrogen) atoms. The Labute approximate surface area is 144 Å². The van der Waals surface area contributed by atoms with Crippen LogP contribution in [0.25, 0.3) is 0 Å². The van der Waals surface area contributed by atoms with Crippen molar-refractivity contribution in [1.82, 2.24) is 9.29 Å². The van der Waals surface area contributed by atoms with Gasteiger partial charge in [0.15, 0.2) is 0 Å². The zero-order valence-electron chi connectivity index (χ0n) is 14.3. The molecule has 0 amide bonds. The van der Waals surface area contributed by atoms with E-state index in [0.29, 0.717) is 24.8 Å². The zero-order valence-corrected chi connectivity index (χ0v) is 15.1. The predicted octanol–water partition coefficient (Wildman–Crippen LogP) is 2.48. The number of anilines is 1. The first-order valence-corrected chi connectivity index (χ1v) is 10.3. The highest BCUT2D eigenvalue weighted by molar-refractivity contribution is 7.89. The molecule has 3 heterocycles. The lowest BCUT2D eigenvalue weighted by atomic mass is 9.95. The Balaban J connectivity index is 1.64. The van der Waals surface area contributed by atoms with Crippen LogP contribution in [0.2, 0.25) is 0 Å². The van der Waals surface area contributed by atoms with Crippen molar-refractivity contribution in [3.63, 3.8) is 0 Å². The Bertz CT molecular complexity index is 621. The number of rotatable bonds is 5. The van der Waals surface area contributed by atoms with Gasteiger partial charge in [0.05, 0.1) is 6.61 Å². The fourth-order valence-electron chi connectivity index (χ4n) is 3.38. The van der Waals surface area contributed by atoms with Crippen LogP contribution in [-0.2, 0) is 14.8 Å². The van der Waals surface area contributed by atoms with Crippen molar-refractivity contribution in [3.05, 3.63) is 18.3 Å². The summed E-state index contributed by atoms with van der Waals surface area (Å²) in [5.41, 5.74) is 0. The van der Waals surface area contributed by atoms with Crippen LogP contribution in [0.15, 0.2) is 23.2 Å². The molecule has 3 rings (SSSR count). The molecule has 2 saturated heterocycles. The minimum atomic E-state index is -3.40. The van der Waals surface area contributed by atoms with Crippen molar-refractivity contribution in [3.8, 4) is 0 Å². The van der Waals surface area contributed by atoms with E-state index in [4.69, 9.17) is 4.74 Å². The molecular formula is C17H27N3O3S. The van der Waals surface area contributed by atoms with Crippen molar-refractivity contribution >= 4 is 15.8 Å². The summed E-state index contributed by atoms with van der Waals surface area (Å²) in [6.07, 6.45) is 6.69. The minimum absolute atomic E-state index is 0.252. The summed E-state index contributed by atoms with van der Waals surface area (Å²) >= 11 is 0. The quantitative estimate of drug-likeness (QED) is 0.880. The molecule has 1 aromatic heterocycles. The topological polar surface area (TPSA) is 71.5 Å². The molecule has 0 bridgehead atoms. The molecule has 2 fully saturated rings. The highest BCUT2D eigenvalue weighted by Crippen LogP contribution is 2.23. The average Bonchev–Trinajstić information content (AvgIpc) is 2.63. The highest BCUT2D eigenvalue weighted by Gasteiger charge is 2.26. The molecule has 0 radical (unpaired) electrons. The summed E-state index contributed by atoms with van der Waals surface area (Å²) in [5, 5.41) is 3.37. The van der Waals surface area contributed by atoms with E-state index in [9.17, 15) is 8.42 Å². The van der Waals surface area contributed by atoms with Crippen LogP contribution in [0.5, 0.6) is 0 Å². The van der Waals surface area contributed by atoms with E-state index in [2.05, 4.69) is 17.2 Å². The van der Waals surface area contributed by atoms with Crippen LogP contribution < -0.4 is 5.32 Å². The number of piperidine rings is 1. The molecule has 1 N–H and O–H groups in total. The van der Waals surface area contributed by atoms with Crippen molar-refractivity contribution in [1.29, 1.82) is 0 Å². The lowest BCUT2D eigenvalue weighted by molar-refractivity contribution is 0.0496. The fourth-order valence-corrected chi connectivity index (χ4v) is 4.85. The second-order valence-corrected chi connectivity index (χ2v) is 8.69. The molecule has 7 heteroatoms. The van der Waals surface area contributed by atoms with Crippen LogP contribution in [0.3, 0.4) is 0 Å². The Kier molecular flexibility index (Phi) is 5.73. The van der Waals surface area contributed by atoms with Gasteiger partial charge in [0.1, 0.15) is 10.7 Å². The molecule has 0 unspecified atom stereocenters. The predicted molar refractivity (Wildman–Crippen MR) is 93.5 cm³/mol. The maximum Gasteiger partial charge on any atom is 0.244 e. The third kappa shape index (κ3) is 4.07. The average molecular weight is 353 g/mol. The number of hydrogen-bond acceptors (Lipinski definition) is 5. The van der Waals surface area contributed by atoms with Crippen molar-refractivity contribution in [2.75, 3.05) is 31.6 Å². The molecule has 0 aromatic carbocycles. The van der Waals surface area contributed by atoms with Crippen LogP contribution in [0.1, 0.15) is 39.0 Å². The molecule has 0 aliphatic carbocycles. The first-order valence-electron chi connectivity index (χ1n) is 8.88. The van der Waals surface area contributed by atoms with E-state index in [-0.39, 0.29) is 10.9 Å². The van der Waals surface area contributed by atoms with Gasteiger partial charge in [0.2, 0.25) is 10.0 Å². The van der Waals surface area contributed by atoms with Crippen LogP contribution >= 0.6 is 0 Å². The first kappa shape index (κ1) is 17.6. The summed E-state index contributed by atoms with van der Waals surface area (Å²) in [6, 6.07) is 3.67. The molecule has 2 atom stereocenters. The van der Waals surface area contributed by atoms with Gasteiger partial charge in [-0.25, -0.2) is 13.4 Å². The van der Waals surface area contributed by atoms with Crippen molar-refractivity contribution in [2.24, 2.45) is 5.92 Å². The maximum atomic E-state index is 12.6. The van der Waals surface area contributed by atoms with E-state index in [1.165, 1.54) is 6.20 Å². The number of nitrogens with one attached hydrogen (secondary N) is 1. The van der Waals surface area contributed by atoms with Gasteiger partial charge in [-0.3, -0.25) is 0 Å². The lowest BCUT2D eigenvalue weighted by Crippen LogP contribution is -2.35. The standard InChI is InChI=1S/C17H27N3O3S/c1-14(15-6-5-11-23-13-15)19-17-8-7-16(12-18-17)24(21,22)20-9-3-2-4-10-20/h7-8,12,14-15H,2-6,9-11,13H2,1H3,(H,18,19)/t14-,15+/m1/s1. The lowest BCUT2D eigenvalue weighted by Gasteiger charge is -2.28. The SMILES string of the molecule is C[C@@H](Nc1ccc(S(=O)(=O)N2CCCCC2)cn1)[C@H]1CCCOC1. The number of aromatic nitrogens is 1. The second kappa shape index (κ2) is 7.80. The van der Waals surface area contributed by atoms with E-state index >= 15 is 0 Å². The summed E-state index contributed by atoms with van der Waals surface area (Å²) in [7, 11) is -3.40. The van der Waals surface area contributed by atoms with Crippen LogP contribution in [0, 0.1) is 5.92 Å². The molecule has 6 nitrogen and oxygen atoms in total. The van der Waals surface area contributed by atoms with Gasteiger partial charge in [0.25, 0.3) is 0 Å². The van der Waals surface area contributed by atoms with Gasteiger partial charge in [-0.1, -0.05) is 6.42 Å². The molecule has 1 aromatic rings. The number of hydrogen-bond donors (Lipinski definition) is 1. The van der Waals surface area contributed by atoms with Crippen LogP contribution in [0.4, 0.5) is 5.82 Å². The van der Waals surface area contributed by atoms with Gasteiger partial charge >= 0.3 is 0 Å². The van der Waals surface area contributed by atoms with Gasteiger partial charge < -0.3 is 10.1 Å². The normalized spacial score (nSPS) is 24.5. The maximum absolute atomic E-state index is 12.6. The van der Waals surface area contributed by atoms with Crippen molar-refractivity contribution < 1.29 is 13.2 Å². The largest absolute Gasteiger partial charge is 0.381 e. The minimum Gasteiger partial charge on any atom is -0.381 e. The van der Waals surface area contributed by atoms with E-state index in [1.54, 1.807) is 16.4 Å². The van der Waals surface area contributed by atoms with E-state index in [1.807, 2.05) is 0 Å². The monoisotopic (exact) mass is 353 g/mol. The Hall–Kier alpha value is -1.18. The Morgan fingerprint density at radius 1 is 1.25 bits per heavy atom. The Morgan fingerprint density at radius 3 is 2.67 bits per heavy atom. The highest BCUT2D eigenvalue weighted by atomic mass is 32.2. The third-order valence-electron chi connectivity index (χ3n) is 4.97. The first-order chi connectivity index (χ1) is 11.6. The smallest absolute Gasteiger partial charge is 0.244 e. The summed E-state index contributed by atoms with van der Waals surface area (Å²) in [6.45, 7) is 4.97. The summed E-state index contributed by atoms with van der Waals surface area (Å²) < 4.78 is 32.3. The molecule has 0 spiro atoms. The van der Waals surface area contributed by atoms with Crippen molar-refractivity contribution in [2.45, 2.75) is 50.0 Å². The molecule has 2 aliphatic rings. The van der Waals surface area contributed by atoms with E-state index < -0.39 is 10.0 Å². The zero-order chi connectivity index (χ0) is 17.0. The molecule has 134 valence electrons. The summed E-state index contributed by atoms with van der Waals surface area (Å²) in [4.78, 5) is 4.60. The molecule has 2 aliphatic heterocycles. The molecular weight excluding hydrogens is 326 g/mol. The number of ether oxygens (including phenoxy) is 1. The van der Waals surface area contributed by atoms with Gasteiger partial charge in [-0.15, -0.1) is 0 Å². The molecule has 0 saturated carbocycles. The fraction of sp³-hybridized carbons (Fsp3) is 0.706. The van der Waals surface area contributed by atoms with Crippen LogP contribution in [-0.4, -0.2) is 50.1 Å². The number of pyridine rings is 1.